The lowest BCUT2D eigenvalue weighted by Gasteiger charge is -2.01. The summed E-state index contributed by atoms with van der Waals surface area (Å²) in [5, 5.41) is 9.19. The summed E-state index contributed by atoms with van der Waals surface area (Å²) in [6.45, 7) is 0.940. The van der Waals surface area contributed by atoms with Crippen LogP contribution >= 0.6 is 11.3 Å². The molecule has 1 aliphatic rings. The van der Waals surface area contributed by atoms with Gasteiger partial charge in [-0.25, -0.2) is 4.98 Å². The van der Waals surface area contributed by atoms with E-state index in [1.807, 2.05) is 19.2 Å². The quantitative estimate of drug-likeness (QED) is 0.896. The van der Waals surface area contributed by atoms with Crippen LogP contribution in [0.15, 0.2) is 23.6 Å². The van der Waals surface area contributed by atoms with Crippen LogP contribution in [0.3, 0.4) is 0 Å². The minimum absolute atomic E-state index is 0.0696. The third-order valence-electron chi connectivity index (χ3n) is 3.17. The van der Waals surface area contributed by atoms with Crippen LogP contribution in [0.25, 0.3) is 11.3 Å². The van der Waals surface area contributed by atoms with Crippen LogP contribution in [0.1, 0.15) is 10.6 Å². The molecule has 0 unspecified atom stereocenters. The predicted octanol–water partition coefficient (Wildman–Crippen LogP) is 2.07. The molecule has 19 heavy (non-hydrogen) atoms. The van der Waals surface area contributed by atoms with E-state index >= 15 is 0 Å². The number of nitrogens with zero attached hydrogens (tertiary/aromatic N) is 1. The number of carbonyl (C=O) groups excluding carboxylic acids is 1. The molecule has 5 heteroatoms. The average Bonchev–Trinajstić information content (AvgIpc) is 3.00. The molecule has 1 aromatic carbocycles. The van der Waals surface area contributed by atoms with Gasteiger partial charge in [0, 0.05) is 29.6 Å². The fraction of sp³-hybridized carbons (Fsp3) is 0.286. The second-order valence-corrected chi connectivity index (χ2v) is 5.52. The zero-order valence-corrected chi connectivity index (χ0v) is 11.5. The highest BCUT2D eigenvalue weighted by Gasteiger charge is 2.18. The van der Waals surface area contributed by atoms with Crippen LogP contribution in [0, 0.1) is 0 Å². The van der Waals surface area contributed by atoms with E-state index in [4.69, 9.17) is 0 Å². The molecule has 3 rings (SSSR count). The Morgan fingerprint density at radius 1 is 1.47 bits per heavy atom. The van der Waals surface area contributed by atoms with Gasteiger partial charge in [-0.1, -0.05) is 6.07 Å². The first-order chi connectivity index (χ1) is 9.26. The van der Waals surface area contributed by atoms with Crippen LogP contribution in [-0.4, -0.2) is 24.5 Å². The predicted molar refractivity (Wildman–Crippen MR) is 77.5 cm³/mol. The summed E-state index contributed by atoms with van der Waals surface area (Å²) in [5.74, 6) is 0.0696. The number of likely N-dealkylation sites (N-methyl/N-ethyl adjacent to an activating group) is 1. The first-order valence-corrected chi connectivity index (χ1v) is 7.16. The molecule has 0 saturated carbocycles. The summed E-state index contributed by atoms with van der Waals surface area (Å²) in [4.78, 5) is 16.0. The molecule has 2 N–H and O–H groups in total. The molecule has 0 saturated heterocycles. The van der Waals surface area contributed by atoms with Gasteiger partial charge in [-0.3, -0.25) is 4.79 Å². The van der Waals surface area contributed by atoms with Crippen molar-refractivity contribution < 1.29 is 4.79 Å². The highest BCUT2D eigenvalue weighted by Crippen LogP contribution is 2.29. The number of thiazole rings is 1. The van der Waals surface area contributed by atoms with Crippen molar-refractivity contribution in [1.29, 1.82) is 0 Å². The lowest BCUT2D eigenvalue weighted by Crippen LogP contribution is -2.09. The minimum Gasteiger partial charge on any atom is -0.326 e. The smallest absolute Gasteiger partial charge is 0.228 e. The maximum Gasteiger partial charge on any atom is 0.228 e. The molecule has 2 aromatic rings. The van der Waals surface area contributed by atoms with Crippen molar-refractivity contribution >= 4 is 22.9 Å². The highest BCUT2D eigenvalue weighted by atomic mass is 32.1. The number of anilines is 1. The normalized spacial score (nSPS) is 13.4. The maximum absolute atomic E-state index is 11.3. The Balaban J connectivity index is 1.84. The number of benzene rings is 1. The van der Waals surface area contributed by atoms with Crippen LogP contribution in [0.2, 0.25) is 0 Å². The number of nitrogens with one attached hydrogen (secondary N) is 2. The van der Waals surface area contributed by atoms with E-state index in [1.54, 1.807) is 11.3 Å². The summed E-state index contributed by atoms with van der Waals surface area (Å²) < 4.78 is 0. The monoisotopic (exact) mass is 273 g/mol. The lowest BCUT2D eigenvalue weighted by molar-refractivity contribution is -0.115. The fourth-order valence-corrected chi connectivity index (χ4v) is 2.99. The summed E-state index contributed by atoms with van der Waals surface area (Å²) >= 11 is 1.68. The minimum atomic E-state index is 0.0696. The van der Waals surface area contributed by atoms with E-state index in [2.05, 4.69) is 27.1 Å². The molecule has 0 spiro atoms. The van der Waals surface area contributed by atoms with Gasteiger partial charge in [-0.15, -0.1) is 11.3 Å². The van der Waals surface area contributed by atoms with E-state index in [1.165, 1.54) is 0 Å². The Bertz CT molecular complexity index is 621. The third-order valence-corrected chi connectivity index (χ3v) is 4.08. The lowest BCUT2D eigenvalue weighted by atomic mass is 10.1. The van der Waals surface area contributed by atoms with Gasteiger partial charge in [0.2, 0.25) is 5.91 Å². The SMILES string of the molecule is CNCCc1nc(-c2ccc3c(c2)CC(=O)N3)cs1. The van der Waals surface area contributed by atoms with Crippen molar-refractivity contribution in [3.05, 3.63) is 34.2 Å². The molecule has 1 aromatic heterocycles. The first-order valence-electron chi connectivity index (χ1n) is 6.28. The maximum atomic E-state index is 11.3. The summed E-state index contributed by atoms with van der Waals surface area (Å²) in [7, 11) is 1.94. The number of rotatable bonds is 4. The van der Waals surface area contributed by atoms with Gasteiger partial charge in [0.15, 0.2) is 0 Å². The molecule has 0 radical (unpaired) electrons. The van der Waals surface area contributed by atoms with E-state index < -0.39 is 0 Å². The topological polar surface area (TPSA) is 54.0 Å². The van der Waals surface area contributed by atoms with E-state index in [-0.39, 0.29) is 5.91 Å². The molecule has 0 aliphatic carbocycles. The number of carbonyl (C=O) groups is 1. The van der Waals surface area contributed by atoms with Crippen molar-refractivity contribution in [2.24, 2.45) is 0 Å². The molecule has 0 atom stereocenters. The van der Waals surface area contributed by atoms with Crippen LogP contribution in [-0.2, 0) is 17.6 Å². The van der Waals surface area contributed by atoms with Gasteiger partial charge < -0.3 is 10.6 Å². The van der Waals surface area contributed by atoms with Gasteiger partial charge in [-0.2, -0.15) is 0 Å². The van der Waals surface area contributed by atoms with Crippen molar-refractivity contribution in [2.75, 3.05) is 18.9 Å². The molecule has 98 valence electrons. The molecule has 2 heterocycles. The Hall–Kier alpha value is -1.72. The van der Waals surface area contributed by atoms with E-state index in [0.29, 0.717) is 6.42 Å². The number of aromatic nitrogens is 1. The second-order valence-electron chi connectivity index (χ2n) is 4.58. The average molecular weight is 273 g/mol. The molecular formula is C14H15N3OS. The van der Waals surface area contributed by atoms with Gasteiger partial charge in [0.25, 0.3) is 0 Å². The molecule has 0 fully saturated rings. The molecule has 4 nitrogen and oxygen atoms in total. The van der Waals surface area contributed by atoms with Crippen molar-refractivity contribution in [2.45, 2.75) is 12.8 Å². The Morgan fingerprint density at radius 3 is 3.21 bits per heavy atom. The zero-order chi connectivity index (χ0) is 13.2. The standard InChI is InChI=1S/C14H15N3OS/c1-15-5-4-14-17-12(8-19-14)9-2-3-11-10(6-9)7-13(18)16-11/h2-3,6,8,15H,4-5,7H2,1H3,(H,16,18). The zero-order valence-electron chi connectivity index (χ0n) is 10.7. The Labute approximate surface area is 115 Å². The van der Waals surface area contributed by atoms with Gasteiger partial charge in [-0.05, 0) is 24.7 Å². The second kappa shape index (κ2) is 5.11. The largest absolute Gasteiger partial charge is 0.326 e. The first kappa shape index (κ1) is 12.3. The third kappa shape index (κ3) is 2.52. The molecule has 1 aliphatic heterocycles. The number of hydrogen-bond donors (Lipinski definition) is 2. The summed E-state index contributed by atoms with van der Waals surface area (Å²) in [6, 6.07) is 6.04. The van der Waals surface area contributed by atoms with E-state index in [9.17, 15) is 4.79 Å². The number of fused-ring (bicyclic) bond motifs is 1. The van der Waals surface area contributed by atoms with Crippen molar-refractivity contribution in [3.8, 4) is 11.3 Å². The highest BCUT2D eigenvalue weighted by molar-refractivity contribution is 7.09. The van der Waals surface area contributed by atoms with Crippen molar-refractivity contribution in [1.82, 2.24) is 10.3 Å². The number of amides is 1. The number of hydrogen-bond acceptors (Lipinski definition) is 4. The molecular weight excluding hydrogens is 258 g/mol. The fourth-order valence-electron chi connectivity index (χ4n) is 2.18. The Kier molecular flexibility index (Phi) is 3.31. The van der Waals surface area contributed by atoms with Crippen LogP contribution in [0.5, 0.6) is 0 Å². The molecule has 0 bridgehead atoms. The Morgan fingerprint density at radius 2 is 2.37 bits per heavy atom. The molecule has 1 amide bonds. The van der Waals surface area contributed by atoms with Crippen LogP contribution in [0.4, 0.5) is 5.69 Å². The van der Waals surface area contributed by atoms with Gasteiger partial charge >= 0.3 is 0 Å². The summed E-state index contributed by atoms with van der Waals surface area (Å²) in [5.41, 5.74) is 4.08. The summed E-state index contributed by atoms with van der Waals surface area (Å²) in [6.07, 6.45) is 1.42. The van der Waals surface area contributed by atoms with Gasteiger partial charge in [0.05, 0.1) is 17.1 Å². The van der Waals surface area contributed by atoms with E-state index in [0.717, 1.165) is 40.5 Å². The van der Waals surface area contributed by atoms with Crippen LogP contribution < -0.4 is 10.6 Å². The van der Waals surface area contributed by atoms with Gasteiger partial charge in [0.1, 0.15) is 0 Å². The van der Waals surface area contributed by atoms with Crippen molar-refractivity contribution in [3.63, 3.8) is 0 Å².